The van der Waals surface area contributed by atoms with E-state index in [2.05, 4.69) is 0 Å². The first-order chi connectivity index (χ1) is 8.91. The molecule has 1 N–H and O–H groups in total. The number of hydrogen-bond donors (Lipinski definition) is 1. The van der Waals surface area contributed by atoms with Crippen LogP contribution >= 0.6 is 0 Å². The molecule has 0 aliphatic carbocycles. The highest BCUT2D eigenvalue weighted by Crippen LogP contribution is 2.30. The Morgan fingerprint density at radius 1 is 1.37 bits per heavy atom. The molecule has 1 aromatic rings. The topological polar surface area (TPSA) is 81.4 Å². The highest BCUT2D eigenvalue weighted by Gasteiger charge is 2.45. The average Bonchev–Trinajstić information content (AvgIpc) is 2.36. The maximum atomic E-state index is 12.2. The first-order valence-corrected chi connectivity index (χ1v) is 7.54. The van der Waals surface area contributed by atoms with Gasteiger partial charge in [-0.05, 0) is 24.1 Å². The zero-order valence-corrected chi connectivity index (χ0v) is 11.5. The minimum atomic E-state index is -3.52. The van der Waals surface area contributed by atoms with Gasteiger partial charge in [-0.2, -0.15) is 9.57 Å². The molecule has 0 bridgehead atoms. The van der Waals surface area contributed by atoms with Gasteiger partial charge in [0.25, 0.3) is 0 Å². The molecule has 19 heavy (non-hydrogen) atoms. The fourth-order valence-electron chi connectivity index (χ4n) is 2.02. The van der Waals surface area contributed by atoms with Crippen LogP contribution in [0.25, 0.3) is 0 Å². The molecule has 0 saturated carbocycles. The predicted octanol–water partition coefficient (Wildman–Crippen LogP) is 0.898. The summed E-state index contributed by atoms with van der Waals surface area (Å²) in [4.78, 5) is 0.201. The summed E-state index contributed by atoms with van der Waals surface area (Å²) in [6.45, 7) is 2.12. The first kappa shape index (κ1) is 14.0. The third kappa shape index (κ3) is 2.63. The number of β-amino-alcohol motifs (C(OH)–C–C–N with tert-alkyl or cyclic N) is 1. The Kier molecular flexibility index (Phi) is 3.63. The van der Waals surface area contributed by atoms with Crippen LogP contribution in [-0.4, -0.2) is 36.5 Å². The maximum absolute atomic E-state index is 12.2. The lowest BCUT2D eigenvalue weighted by Gasteiger charge is -2.44. The van der Waals surface area contributed by atoms with Gasteiger partial charge in [-0.3, -0.25) is 0 Å². The van der Waals surface area contributed by atoms with Gasteiger partial charge in [-0.15, -0.1) is 0 Å². The minimum Gasteiger partial charge on any atom is -0.387 e. The first-order valence-electron chi connectivity index (χ1n) is 6.10. The van der Waals surface area contributed by atoms with E-state index in [-0.39, 0.29) is 24.4 Å². The Balaban J connectivity index is 2.15. The van der Waals surface area contributed by atoms with E-state index in [0.29, 0.717) is 6.42 Å². The summed E-state index contributed by atoms with van der Waals surface area (Å²) in [7, 11) is -3.52. The second-order valence-corrected chi connectivity index (χ2v) is 6.77. The van der Waals surface area contributed by atoms with Crippen molar-refractivity contribution in [2.24, 2.45) is 0 Å². The number of nitriles is 1. The van der Waals surface area contributed by atoms with Crippen molar-refractivity contribution < 1.29 is 13.5 Å². The van der Waals surface area contributed by atoms with Crippen molar-refractivity contribution >= 4 is 10.0 Å². The summed E-state index contributed by atoms with van der Waals surface area (Å²) in [5.74, 6) is 0. The Morgan fingerprint density at radius 3 is 2.42 bits per heavy atom. The quantitative estimate of drug-likeness (QED) is 0.888. The van der Waals surface area contributed by atoms with E-state index >= 15 is 0 Å². The van der Waals surface area contributed by atoms with E-state index in [9.17, 15) is 13.5 Å². The Labute approximate surface area is 113 Å². The van der Waals surface area contributed by atoms with Gasteiger partial charge < -0.3 is 5.11 Å². The molecule has 1 fully saturated rings. The Morgan fingerprint density at radius 2 is 1.95 bits per heavy atom. The van der Waals surface area contributed by atoms with Crippen LogP contribution in [0.5, 0.6) is 0 Å². The van der Waals surface area contributed by atoms with Gasteiger partial charge in [-0.1, -0.05) is 19.1 Å². The smallest absolute Gasteiger partial charge is 0.243 e. The molecule has 102 valence electrons. The van der Waals surface area contributed by atoms with Crippen LogP contribution in [0.15, 0.2) is 29.2 Å². The summed E-state index contributed by atoms with van der Waals surface area (Å²) >= 11 is 0. The van der Waals surface area contributed by atoms with Crippen molar-refractivity contribution in [2.75, 3.05) is 13.1 Å². The molecular weight excluding hydrogens is 264 g/mol. The van der Waals surface area contributed by atoms with Gasteiger partial charge in [0.2, 0.25) is 10.0 Å². The maximum Gasteiger partial charge on any atom is 0.243 e. The normalized spacial score (nSPS) is 18.6. The van der Waals surface area contributed by atoms with Crippen LogP contribution in [0.3, 0.4) is 0 Å². The largest absolute Gasteiger partial charge is 0.387 e. The number of aliphatic hydroxyl groups is 1. The van der Waals surface area contributed by atoms with Crippen LogP contribution in [0.4, 0.5) is 0 Å². The molecule has 1 aliphatic rings. The van der Waals surface area contributed by atoms with Gasteiger partial charge in [0.1, 0.15) is 0 Å². The molecule has 1 aromatic carbocycles. The van der Waals surface area contributed by atoms with Gasteiger partial charge in [0.05, 0.1) is 23.0 Å². The third-order valence-corrected chi connectivity index (χ3v) is 5.25. The van der Waals surface area contributed by atoms with E-state index in [0.717, 1.165) is 5.56 Å². The Hall–Kier alpha value is -1.42. The molecule has 0 spiro atoms. The van der Waals surface area contributed by atoms with Crippen molar-refractivity contribution in [3.8, 4) is 6.07 Å². The summed E-state index contributed by atoms with van der Waals surface area (Å²) in [5.41, 5.74) is -0.0940. The molecule has 0 aromatic heterocycles. The van der Waals surface area contributed by atoms with Crippen molar-refractivity contribution in [3.05, 3.63) is 29.8 Å². The lowest BCUT2D eigenvalue weighted by atomic mass is 9.94. The van der Waals surface area contributed by atoms with Gasteiger partial charge in [0.15, 0.2) is 0 Å². The molecule has 5 nitrogen and oxygen atoms in total. The van der Waals surface area contributed by atoms with Crippen molar-refractivity contribution in [1.29, 1.82) is 5.26 Å². The number of rotatable bonds is 4. The molecule has 0 amide bonds. The number of sulfonamides is 1. The summed E-state index contributed by atoms with van der Waals surface area (Å²) in [6, 6.07) is 8.30. The summed E-state index contributed by atoms with van der Waals surface area (Å²) in [5, 5.41) is 18.4. The lowest BCUT2D eigenvalue weighted by Crippen LogP contribution is -2.62. The van der Waals surface area contributed by atoms with E-state index in [4.69, 9.17) is 5.26 Å². The highest BCUT2D eigenvalue weighted by atomic mass is 32.2. The Bertz CT molecular complexity index is 596. The third-order valence-electron chi connectivity index (χ3n) is 3.44. The van der Waals surface area contributed by atoms with E-state index in [1.807, 2.05) is 13.0 Å². The summed E-state index contributed by atoms with van der Waals surface area (Å²) in [6.07, 6.45) is 0.805. The van der Waals surface area contributed by atoms with Crippen molar-refractivity contribution in [2.45, 2.75) is 30.3 Å². The van der Waals surface area contributed by atoms with Gasteiger partial charge in [0, 0.05) is 13.1 Å². The predicted molar refractivity (Wildman–Crippen MR) is 69.8 cm³/mol. The highest BCUT2D eigenvalue weighted by molar-refractivity contribution is 7.89. The standard InChI is InChI=1S/C13H16N2O3S/c1-2-13(16)9-15(10-13)19(17,18)12-5-3-11(4-6-12)7-8-14/h3-6,16H,2,7,9-10H2,1H3. The van der Waals surface area contributed by atoms with Crippen LogP contribution in [0.2, 0.25) is 0 Å². The molecule has 0 atom stereocenters. The fraction of sp³-hybridized carbons (Fsp3) is 0.462. The molecule has 1 saturated heterocycles. The number of benzene rings is 1. The van der Waals surface area contributed by atoms with Crippen LogP contribution in [-0.2, 0) is 16.4 Å². The fourth-order valence-corrected chi connectivity index (χ4v) is 3.62. The van der Waals surface area contributed by atoms with E-state index < -0.39 is 15.6 Å². The van der Waals surface area contributed by atoms with Crippen molar-refractivity contribution in [1.82, 2.24) is 4.31 Å². The number of nitrogens with zero attached hydrogens (tertiary/aromatic N) is 2. The molecule has 0 radical (unpaired) electrons. The monoisotopic (exact) mass is 280 g/mol. The molecule has 1 aliphatic heterocycles. The second-order valence-electron chi connectivity index (χ2n) is 4.83. The van der Waals surface area contributed by atoms with Crippen molar-refractivity contribution in [3.63, 3.8) is 0 Å². The van der Waals surface area contributed by atoms with Crippen LogP contribution in [0, 0.1) is 11.3 Å². The average molecular weight is 280 g/mol. The molecule has 1 heterocycles. The lowest BCUT2D eigenvalue weighted by molar-refractivity contribution is -0.0613. The SMILES string of the molecule is CCC1(O)CN(S(=O)(=O)c2ccc(CC#N)cc2)C1. The summed E-state index contributed by atoms with van der Waals surface area (Å²) < 4.78 is 25.7. The van der Waals surface area contributed by atoms with Crippen LogP contribution < -0.4 is 0 Å². The number of hydrogen-bond acceptors (Lipinski definition) is 4. The zero-order valence-electron chi connectivity index (χ0n) is 10.7. The molecule has 0 unspecified atom stereocenters. The molecular formula is C13H16N2O3S. The molecule has 6 heteroatoms. The van der Waals surface area contributed by atoms with E-state index in [1.165, 1.54) is 16.4 Å². The molecule has 2 rings (SSSR count). The van der Waals surface area contributed by atoms with Gasteiger partial charge >= 0.3 is 0 Å². The van der Waals surface area contributed by atoms with Gasteiger partial charge in [-0.25, -0.2) is 8.42 Å². The zero-order chi connectivity index (χ0) is 14.1. The minimum absolute atomic E-state index is 0.145. The second kappa shape index (κ2) is 4.93. The van der Waals surface area contributed by atoms with E-state index in [1.54, 1.807) is 12.1 Å². The van der Waals surface area contributed by atoms with Crippen LogP contribution in [0.1, 0.15) is 18.9 Å².